The average Bonchev–Trinajstić information content (AvgIpc) is 3.12. The second-order valence-corrected chi connectivity index (χ2v) is 6.81. The van der Waals surface area contributed by atoms with Crippen molar-refractivity contribution in [3.8, 4) is 17.5 Å². The summed E-state index contributed by atoms with van der Waals surface area (Å²) in [4.78, 5) is 17.0. The summed E-state index contributed by atoms with van der Waals surface area (Å²) in [5.74, 6) is -0.983. The van der Waals surface area contributed by atoms with Crippen LogP contribution in [0.1, 0.15) is 21.5 Å². The maximum Gasteiger partial charge on any atom is 0.258 e. The van der Waals surface area contributed by atoms with Gasteiger partial charge in [0.15, 0.2) is 5.58 Å². The van der Waals surface area contributed by atoms with Gasteiger partial charge in [-0.1, -0.05) is 17.7 Å². The summed E-state index contributed by atoms with van der Waals surface area (Å²) in [5.41, 5.74) is 3.12. The van der Waals surface area contributed by atoms with Crippen molar-refractivity contribution in [3.63, 3.8) is 0 Å². The normalized spacial score (nSPS) is 10.7. The molecule has 142 valence electrons. The van der Waals surface area contributed by atoms with Gasteiger partial charge in [-0.15, -0.1) is 0 Å². The van der Waals surface area contributed by atoms with Gasteiger partial charge in [0, 0.05) is 16.3 Å². The summed E-state index contributed by atoms with van der Waals surface area (Å²) in [5, 5.41) is 12.1. The van der Waals surface area contributed by atoms with Crippen LogP contribution >= 0.6 is 11.6 Å². The predicted octanol–water partition coefficient (Wildman–Crippen LogP) is 5.72. The van der Waals surface area contributed by atoms with Crippen molar-refractivity contribution < 1.29 is 13.6 Å². The van der Waals surface area contributed by atoms with E-state index in [4.69, 9.17) is 21.3 Å². The SMILES string of the molecule is Cc1c(NC(=O)c2ccc(C#N)cc2F)cccc1-c1nc2cc(Cl)ccc2o1. The number of rotatable bonds is 3. The molecule has 0 aliphatic heterocycles. The molecule has 3 aromatic carbocycles. The first-order chi connectivity index (χ1) is 14.0. The monoisotopic (exact) mass is 405 g/mol. The number of halogens is 2. The van der Waals surface area contributed by atoms with E-state index in [1.165, 1.54) is 12.1 Å². The van der Waals surface area contributed by atoms with Crippen LogP contribution in [0.2, 0.25) is 5.02 Å². The van der Waals surface area contributed by atoms with Gasteiger partial charge >= 0.3 is 0 Å². The Bertz CT molecular complexity index is 1310. The third-order valence-corrected chi connectivity index (χ3v) is 4.74. The average molecular weight is 406 g/mol. The maximum absolute atomic E-state index is 14.1. The van der Waals surface area contributed by atoms with Gasteiger partial charge in [-0.05, 0) is 61.0 Å². The second kappa shape index (κ2) is 7.38. The summed E-state index contributed by atoms with van der Waals surface area (Å²) in [7, 11) is 0. The van der Waals surface area contributed by atoms with Gasteiger partial charge in [0.25, 0.3) is 5.91 Å². The highest BCUT2D eigenvalue weighted by atomic mass is 35.5. The summed E-state index contributed by atoms with van der Waals surface area (Å²) in [6, 6.07) is 16.0. The molecule has 0 spiro atoms. The van der Waals surface area contributed by atoms with Crippen LogP contribution < -0.4 is 5.32 Å². The number of oxazole rings is 1. The molecule has 0 saturated heterocycles. The van der Waals surface area contributed by atoms with Crippen molar-refractivity contribution >= 4 is 34.3 Å². The number of hydrogen-bond donors (Lipinski definition) is 1. The molecule has 1 heterocycles. The minimum Gasteiger partial charge on any atom is -0.436 e. The van der Waals surface area contributed by atoms with Crippen LogP contribution in [0, 0.1) is 24.1 Å². The summed E-state index contributed by atoms with van der Waals surface area (Å²) >= 11 is 6.00. The number of nitrogens with one attached hydrogen (secondary N) is 1. The molecule has 4 rings (SSSR count). The largest absolute Gasteiger partial charge is 0.436 e. The Morgan fingerprint density at radius 1 is 1.21 bits per heavy atom. The summed E-state index contributed by atoms with van der Waals surface area (Å²) < 4.78 is 19.9. The van der Waals surface area contributed by atoms with E-state index in [0.717, 1.165) is 6.07 Å². The first-order valence-corrected chi connectivity index (χ1v) is 9.01. The van der Waals surface area contributed by atoms with Gasteiger partial charge in [-0.25, -0.2) is 9.37 Å². The van der Waals surface area contributed by atoms with Crippen LogP contribution in [-0.4, -0.2) is 10.9 Å². The van der Waals surface area contributed by atoms with Crippen LogP contribution in [0.15, 0.2) is 59.0 Å². The Labute approximate surface area is 170 Å². The van der Waals surface area contributed by atoms with E-state index in [1.54, 1.807) is 30.3 Å². The minimum atomic E-state index is -0.758. The summed E-state index contributed by atoms with van der Waals surface area (Å²) in [6.45, 7) is 1.81. The number of carbonyl (C=O) groups is 1. The van der Waals surface area contributed by atoms with Crippen molar-refractivity contribution in [2.75, 3.05) is 5.32 Å². The number of amides is 1. The number of nitrogens with zero attached hydrogens (tertiary/aromatic N) is 2. The van der Waals surface area contributed by atoms with Crippen LogP contribution in [0.4, 0.5) is 10.1 Å². The van der Waals surface area contributed by atoms with E-state index in [9.17, 15) is 9.18 Å². The number of aromatic nitrogens is 1. The second-order valence-electron chi connectivity index (χ2n) is 6.37. The molecular weight excluding hydrogens is 393 g/mol. The van der Waals surface area contributed by atoms with E-state index in [0.29, 0.717) is 38.8 Å². The molecule has 1 amide bonds. The molecule has 0 atom stereocenters. The van der Waals surface area contributed by atoms with E-state index in [2.05, 4.69) is 10.3 Å². The van der Waals surface area contributed by atoms with Gasteiger partial charge in [-0.3, -0.25) is 4.79 Å². The molecule has 0 saturated carbocycles. The van der Waals surface area contributed by atoms with Crippen molar-refractivity contribution in [1.82, 2.24) is 4.98 Å². The van der Waals surface area contributed by atoms with Crippen LogP contribution in [-0.2, 0) is 0 Å². The fourth-order valence-electron chi connectivity index (χ4n) is 2.98. The predicted molar refractivity (Wildman–Crippen MR) is 108 cm³/mol. The Kier molecular flexibility index (Phi) is 4.75. The molecular formula is C22H13ClFN3O2. The van der Waals surface area contributed by atoms with Crippen LogP contribution in [0.5, 0.6) is 0 Å². The number of hydrogen-bond acceptors (Lipinski definition) is 4. The third kappa shape index (κ3) is 3.56. The zero-order valence-electron chi connectivity index (χ0n) is 15.2. The van der Waals surface area contributed by atoms with E-state index >= 15 is 0 Å². The van der Waals surface area contributed by atoms with Crippen molar-refractivity contribution in [3.05, 3.63) is 82.1 Å². The number of fused-ring (bicyclic) bond motifs is 1. The van der Waals surface area contributed by atoms with E-state index in [1.807, 2.05) is 19.1 Å². The number of nitriles is 1. The molecule has 1 N–H and O–H groups in total. The molecule has 0 radical (unpaired) electrons. The van der Waals surface area contributed by atoms with E-state index < -0.39 is 11.7 Å². The third-order valence-electron chi connectivity index (χ3n) is 4.50. The molecule has 0 aliphatic carbocycles. The number of carbonyl (C=O) groups excluding carboxylic acids is 1. The Balaban J connectivity index is 1.67. The molecule has 5 nitrogen and oxygen atoms in total. The lowest BCUT2D eigenvalue weighted by molar-refractivity contribution is 0.102. The van der Waals surface area contributed by atoms with Gasteiger partial charge in [0.2, 0.25) is 5.89 Å². The first-order valence-electron chi connectivity index (χ1n) is 8.63. The molecule has 0 aliphatic rings. The lowest BCUT2D eigenvalue weighted by atomic mass is 10.1. The molecule has 29 heavy (non-hydrogen) atoms. The molecule has 0 fully saturated rings. The lowest BCUT2D eigenvalue weighted by Gasteiger charge is -2.11. The Hall–Kier alpha value is -3.69. The minimum absolute atomic E-state index is 0.147. The van der Waals surface area contributed by atoms with Crippen molar-refractivity contribution in [2.45, 2.75) is 6.92 Å². The fraction of sp³-hybridized carbons (Fsp3) is 0.0455. The lowest BCUT2D eigenvalue weighted by Crippen LogP contribution is -2.14. The standard InChI is InChI=1S/C22H13ClFN3O2/c1-12-15(22-27-19-10-14(23)6-8-20(19)29-22)3-2-4-18(12)26-21(28)16-7-5-13(11-25)9-17(16)24/h2-10H,1H3,(H,26,28). The van der Waals surface area contributed by atoms with Crippen LogP contribution in [0.3, 0.4) is 0 Å². The highest BCUT2D eigenvalue weighted by Gasteiger charge is 2.17. The summed E-state index contributed by atoms with van der Waals surface area (Å²) in [6.07, 6.45) is 0. The smallest absolute Gasteiger partial charge is 0.258 e. The van der Waals surface area contributed by atoms with E-state index in [-0.39, 0.29) is 11.1 Å². The topological polar surface area (TPSA) is 78.9 Å². The highest BCUT2D eigenvalue weighted by molar-refractivity contribution is 6.31. The highest BCUT2D eigenvalue weighted by Crippen LogP contribution is 2.31. The molecule has 0 bridgehead atoms. The number of benzene rings is 3. The molecule has 7 heteroatoms. The van der Waals surface area contributed by atoms with Gasteiger partial charge in [-0.2, -0.15) is 5.26 Å². The fourth-order valence-corrected chi connectivity index (χ4v) is 3.14. The Morgan fingerprint density at radius 2 is 2.03 bits per heavy atom. The van der Waals surface area contributed by atoms with Gasteiger partial charge < -0.3 is 9.73 Å². The first kappa shape index (κ1) is 18.7. The van der Waals surface area contributed by atoms with Crippen LogP contribution in [0.25, 0.3) is 22.6 Å². The molecule has 0 unspecified atom stereocenters. The van der Waals surface area contributed by atoms with Gasteiger partial charge in [0.1, 0.15) is 11.3 Å². The van der Waals surface area contributed by atoms with Crippen molar-refractivity contribution in [2.24, 2.45) is 0 Å². The van der Waals surface area contributed by atoms with Crippen molar-refractivity contribution in [1.29, 1.82) is 5.26 Å². The molecule has 4 aromatic rings. The Morgan fingerprint density at radius 3 is 2.79 bits per heavy atom. The maximum atomic E-state index is 14.1. The number of anilines is 1. The zero-order chi connectivity index (χ0) is 20.5. The zero-order valence-corrected chi connectivity index (χ0v) is 15.9. The quantitative estimate of drug-likeness (QED) is 0.472. The molecule has 1 aromatic heterocycles. The van der Waals surface area contributed by atoms with Gasteiger partial charge in [0.05, 0.1) is 17.2 Å².